The molecule has 0 fully saturated rings. The first-order chi connectivity index (χ1) is 7.65. The number of hydrogen-bond donors (Lipinski definition) is 2. The van der Waals surface area contributed by atoms with Gasteiger partial charge < -0.3 is 10.7 Å². The smallest absolute Gasteiger partial charge is 0.0459 e. The molecule has 17 heavy (non-hydrogen) atoms. The molecule has 0 amide bonds. The van der Waals surface area contributed by atoms with E-state index in [1.165, 1.54) is 22.2 Å². The van der Waals surface area contributed by atoms with E-state index in [1.807, 2.05) is 0 Å². The van der Waals surface area contributed by atoms with Crippen LogP contribution in [-0.2, 0) is 0 Å². The lowest BCUT2D eigenvalue weighted by molar-refractivity contribution is 0.457. The molecule has 0 saturated carbocycles. The fourth-order valence-electron chi connectivity index (χ4n) is 2.27. The van der Waals surface area contributed by atoms with Gasteiger partial charge in [-0.05, 0) is 24.5 Å². The Bertz CT molecular complexity index is 490. The molecule has 0 bridgehead atoms. The lowest BCUT2D eigenvalue weighted by Gasteiger charge is -2.19. The number of benzene rings is 1. The molecule has 1 heterocycles. The molecule has 0 saturated heterocycles. The standard InChI is InChI=1S/C14H20N2.ClH/c1-4-9(2)14(15)13-10(3)16-12-8-6-5-7-11(12)13;/h5-9,14,16H,4,15H2,1-3H3;1H/t9?,14-;/m1./s1. The Hall–Kier alpha value is -0.990. The maximum Gasteiger partial charge on any atom is 0.0459 e. The van der Waals surface area contributed by atoms with E-state index in [-0.39, 0.29) is 18.4 Å². The first-order valence-corrected chi connectivity index (χ1v) is 5.98. The van der Waals surface area contributed by atoms with E-state index in [4.69, 9.17) is 5.73 Å². The Morgan fingerprint density at radius 2 is 1.94 bits per heavy atom. The van der Waals surface area contributed by atoms with Gasteiger partial charge in [-0.2, -0.15) is 0 Å². The van der Waals surface area contributed by atoms with Crippen LogP contribution in [0.3, 0.4) is 0 Å². The van der Waals surface area contributed by atoms with Gasteiger partial charge in [-0.1, -0.05) is 38.5 Å². The number of nitrogens with one attached hydrogen (secondary N) is 1. The van der Waals surface area contributed by atoms with Gasteiger partial charge in [0.25, 0.3) is 0 Å². The largest absolute Gasteiger partial charge is 0.358 e. The van der Waals surface area contributed by atoms with Crippen molar-refractivity contribution in [2.45, 2.75) is 33.2 Å². The molecule has 3 heteroatoms. The summed E-state index contributed by atoms with van der Waals surface area (Å²) in [6.45, 7) is 6.51. The number of para-hydroxylation sites is 1. The van der Waals surface area contributed by atoms with Crippen LogP contribution >= 0.6 is 12.4 Å². The summed E-state index contributed by atoms with van der Waals surface area (Å²) in [6.07, 6.45) is 1.11. The number of hydrogen-bond acceptors (Lipinski definition) is 1. The fourth-order valence-corrected chi connectivity index (χ4v) is 2.27. The maximum absolute atomic E-state index is 6.34. The summed E-state index contributed by atoms with van der Waals surface area (Å²) in [6, 6.07) is 8.51. The van der Waals surface area contributed by atoms with E-state index in [2.05, 4.69) is 50.0 Å². The van der Waals surface area contributed by atoms with Crippen LogP contribution in [0.1, 0.15) is 37.6 Å². The molecule has 2 atom stereocenters. The quantitative estimate of drug-likeness (QED) is 0.854. The molecule has 0 aliphatic carbocycles. The Morgan fingerprint density at radius 3 is 2.59 bits per heavy atom. The van der Waals surface area contributed by atoms with Gasteiger partial charge in [-0.15, -0.1) is 12.4 Å². The van der Waals surface area contributed by atoms with Crippen molar-refractivity contribution in [2.24, 2.45) is 11.7 Å². The van der Waals surface area contributed by atoms with Gasteiger partial charge in [0.1, 0.15) is 0 Å². The van der Waals surface area contributed by atoms with E-state index in [0.717, 1.165) is 6.42 Å². The topological polar surface area (TPSA) is 41.8 Å². The zero-order valence-corrected chi connectivity index (χ0v) is 11.5. The van der Waals surface area contributed by atoms with Crippen molar-refractivity contribution in [1.29, 1.82) is 0 Å². The summed E-state index contributed by atoms with van der Waals surface area (Å²) in [5.74, 6) is 0.512. The highest BCUT2D eigenvalue weighted by atomic mass is 35.5. The minimum absolute atomic E-state index is 0. The average Bonchev–Trinajstić information content (AvgIpc) is 2.63. The number of nitrogens with two attached hydrogens (primary N) is 1. The van der Waals surface area contributed by atoms with E-state index >= 15 is 0 Å². The van der Waals surface area contributed by atoms with Crippen molar-refractivity contribution in [2.75, 3.05) is 0 Å². The summed E-state index contributed by atoms with van der Waals surface area (Å²) in [5.41, 5.74) is 10.0. The van der Waals surface area contributed by atoms with Crippen molar-refractivity contribution in [3.8, 4) is 0 Å². The first kappa shape index (κ1) is 14.1. The number of aromatic nitrogens is 1. The average molecular weight is 253 g/mol. The second kappa shape index (κ2) is 5.56. The summed E-state index contributed by atoms with van der Waals surface area (Å²) in [4.78, 5) is 3.41. The minimum Gasteiger partial charge on any atom is -0.358 e. The predicted molar refractivity (Wildman–Crippen MR) is 76.7 cm³/mol. The van der Waals surface area contributed by atoms with Gasteiger partial charge in [0, 0.05) is 22.6 Å². The summed E-state index contributed by atoms with van der Waals surface area (Å²) in [5, 5.41) is 1.27. The third-order valence-electron chi connectivity index (χ3n) is 3.53. The number of H-pyrrole nitrogens is 1. The summed E-state index contributed by atoms with van der Waals surface area (Å²) >= 11 is 0. The van der Waals surface area contributed by atoms with E-state index in [1.54, 1.807) is 0 Å². The van der Waals surface area contributed by atoms with Crippen LogP contribution in [0.4, 0.5) is 0 Å². The number of rotatable bonds is 3. The second-order valence-electron chi connectivity index (χ2n) is 4.62. The third kappa shape index (κ3) is 2.48. The SMILES string of the molecule is CCC(C)[C@@H](N)c1c(C)[nH]c2ccccc12.Cl. The van der Waals surface area contributed by atoms with Crippen molar-refractivity contribution in [1.82, 2.24) is 4.98 Å². The van der Waals surface area contributed by atoms with Crippen LogP contribution < -0.4 is 5.73 Å². The van der Waals surface area contributed by atoms with Crippen LogP contribution in [-0.4, -0.2) is 4.98 Å². The summed E-state index contributed by atoms with van der Waals surface area (Å²) in [7, 11) is 0. The molecule has 1 aromatic carbocycles. The Labute approximate surface area is 109 Å². The van der Waals surface area contributed by atoms with Crippen molar-refractivity contribution < 1.29 is 0 Å². The molecule has 1 aromatic heterocycles. The zero-order chi connectivity index (χ0) is 11.7. The predicted octanol–water partition coefficient (Wildman–Crippen LogP) is 3.94. The number of aromatic amines is 1. The molecule has 0 aliphatic rings. The van der Waals surface area contributed by atoms with Gasteiger partial charge in [0.05, 0.1) is 0 Å². The molecule has 2 aromatic rings. The molecule has 2 nitrogen and oxygen atoms in total. The molecule has 0 radical (unpaired) electrons. The molecular weight excluding hydrogens is 232 g/mol. The van der Waals surface area contributed by atoms with Gasteiger partial charge in [0.2, 0.25) is 0 Å². The summed E-state index contributed by atoms with van der Waals surface area (Å²) < 4.78 is 0. The lowest BCUT2D eigenvalue weighted by atomic mass is 9.91. The molecule has 2 rings (SSSR count). The van der Waals surface area contributed by atoms with Crippen LogP contribution in [0.5, 0.6) is 0 Å². The van der Waals surface area contributed by atoms with Crippen LogP contribution in [0.2, 0.25) is 0 Å². The number of fused-ring (bicyclic) bond motifs is 1. The molecule has 0 spiro atoms. The number of halogens is 1. The fraction of sp³-hybridized carbons (Fsp3) is 0.429. The maximum atomic E-state index is 6.34. The van der Waals surface area contributed by atoms with Gasteiger partial charge in [-0.3, -0.25) is 0 Å². The second-order valence-corrected chi connectivity index (χ2v) is 4.62. The van der Waals surface area contributed by atoms with E-state index in [0.29, 0.717) is 5.92 Å². The normalized spacial score (nSPS) is 14.4. The Balaban J connectivity index is 0.00000144. The van der Waals surface area contributed by atoms with Crippen LogP contribution in [0.25, 0.3) is 10.9 Å². The molecule has 1 unspecified atom stereocenters. The van der Waals surface area contributed by atoms with Gasteiger partial charge in [-0.25, -0.2) is 0 Å². The van der Waals surface area contributed by atoms with E-state index < -0.39 is 0 Å². The van der Waals surface area contributed by atoms with Crippen molar-refractivity contribution in [3.05, 3.63) is 35.5 Å². The zero-order valence-electron chi connectivity index (χ0n) is 10.7. The van der Waals surface area contributed by atoms with Gasteiger partial charge in [0.15, 0.2) is 0 Å². The highest BCUT2D eigenvalue weighted by Gasteiger charge is 2.19. The highest BCUT2D eigenvalue weighted by molar-refractivity contribution is 5.85. The molecule has 3 N–H and O–H groups in total. The lowest BCUT2D eigenvalue weighted by Crippen LogP contribution is -2.19. The van der Waals surface area contributed by atoms with E-state index in [9.17, 15) is 0 Å². The molecule has 0 aliphatic heterocycles. The van der Waals surface area contributed by atoms with Crippen molar-refractivity contribution >= 4 is 23.3 Å². The van der Waals surface area contributed by atoms with Gasteiger partial charge >= 0.3 is 0 Å². The minimum atomic E-state index is 0. The highest BCUT2D eigenvalue weighted by Crippen LogP contribution is 2.31. The first-order valence-electron chi connectivity index (χ1n) is 5.98. The third-order valence-corrected chi connectivity index (χ3v) is 3.53. The Morgan fingerprint density at radius 1 is 1.29 bits per heavy atom. The van der Waals surface area contributed by atoms with Crippen molar-refractivity contribution in [3.63, 3.8) is 0 Å². The monoisotopic (exact) mass is 252 g/mol. The molecule has 94 valence electrons. The Kier molecular flexibility index (Phi) is 4.61. The van der Waals surface area contributed by atoms with Crippen LogP contribution in [0.15, 0.2) is 24.3 Å². The molecular formula is C14H21ClN2. The number of aryl methyl sites for hydroxylation is 1. The van der Waals surface area contributed by atoms with Crippen LogP contribution in [0, 0.1) is 12.8 Å².